The summed E-state index contributed by atoms with van der Waals surface area (Å²) in [4.78, 5) is 9.54. The number of benzene rings is 1. The van der Waals surface area contributed by atoms with Crippen LogP contribution in [0.25, 0.3) is 0 Å². The maximum atomic E-state index is 10.7. The molecule has 2 rings (SSSR count). The van der Waals surface area contributed by atoms with Crippen molar-refractivity contribution in [3.8, 4) is 0 Å². The first kappa shape index (κ1) is 20.2. The number of carbonyl (C=O) groups excluding carboxylic acids is 1. The van der Waals surface area contributed by atoms with Crippen LogP contribution in [0.5, 0.6) is 0 Å². The Kier molecular flexibility index (Phi) is 8.00. The molecule has 0 aliphatic heterocycles. The number of rotatable bonds is 5. The van der Waals surface area contributed by atoms with Gasteiger partial charge in [0.2, 0.25) is 6.41 Å². The summed E-state index contributed by atoms with van der Waals surface area (Å²) in [6.07, 6.45) is 3.43. The Morgan fingerprint density at radius 1 is 1.42 bits per heavy atom. The highest BCUT2D eigenvalue weighted by Crippen LogP contribution is 2.54. The maximum absolute atomic E-state index is 10.7. The predicted octanol–water partition coefficient (Wildman–Crippen LogP) is 2.10. The second-order valence-electron chi connectivity index (χ2n) is 5.66. The van der Waals surface area contributed by atoms with E-state index in [9.17, 15) is 13.2 Å². The van der Waals surface area contributed by atoms with E-state index in [0.29, 0.717) is 11.5 Å². The predicted molar refractivity (Wildman–Crippen MR) is 98.4 cm³/mol. The van der Waals surface area contributed by atoms with E-state index in [-0.39, 0.29) is 11.5 Å². The Hall–Kier alpha value is -1.80. The summed E-state index contributed by atoms with van der Waals surface area (Å²) in [5, 5.41) is 5.13. The third-order valence-corrected chi connectivity index (χ3v) is 4.74. The maximum Gasteiger partial charge on any atom is 0.311 e. The van der Waals surface area contributed by atoms with Crippen LogP contribution >= 0.6 is 12.2 Å². The number of nitrogens with one attached hydrogen (secondary N) is 2. The van der Waals surface area contributed by atoms with Crippen LogP contribution in [0.1, 0.15) is 37.3 Å². The molecule has 1 amide bonds. The normalized spacial score (nSPS) is 20.9. The van der Waals surface area contributed by atoms with Crippen LogP contribution in [0.15, 0.2) is 28.6 Å². The molecule has 0 bridgehead atoms. The van der Waals surface area contributed by atoms with Gasteiger partial charge in [-0.2, -0.15) is 12.8 Å². The number of nitrogens with zero attached hydrogens (tertiary/aromatic N) is 1. The van der Waals surface area contributed by atoms with E-state index in [2.05, 4.69) is 65.3 Å². The highest BCUT2D eigenvalue weighted by atomic mass is 32.2. The van der Waals surface area contributed by atoms with E-state index in [0.717, 1.165) is 19.3 Å². The molecule has 1 aliphatic rings. The summed E-state index contributed by atoms with van der Waals surface area (Å²) < 4.78 is 25.1. The quantitative estimate of drug-likeness (QED) is 0.613. The smallest absolute Gasteiger partial charge is 0.311 e. The molecule has 1 saturated carbocycles. The average Bonchev–Trinajstić information content (AvgIpc) is 3.21. The summed E-state index contributed by atoms with van der Waals surface area (Å²) in [6, 6.07) is 8.32. The summed E-state index contributed by atoms with van der Waals surface area (Å²) in [5.74, 6) is 0. The van der Waals surface area contributed by atoms with Gasteiger partial charge in [0, 0.05) is 12.5 Å². The van der Waals surface area contributed by atoms with Gasteiger partial charge in [-0.1, -0.05) is 43.2 Å². The van der Waals surface area contributed by atoms with Crippen molar-refractivity contribution in [2.75, 3.05) is 7.05 Å². The Labute approximate surface area is 149 Å². The van der Waals surface area contributed by atoms with Gasteiger partial charge in [0.1, 0.15) is 0 Å². The molecule has 0 aromatic heterocycles. The first-order valence-corrected chi connectivity index (χ1v) is 9.13. The minimum Gasteiger partial charge on any atom is -0.365 e. The molecule has 0 heterocycles. The molecule has 6 nitrogen and oxygen atoms in total. The fourth-order valence-electron chi connectivity index (χ4n) is 2.71. The third kappa shape index (κ3) is 5.68. The van der Waals surface area contributed by atoms with Gasteiger partial charge in [-0.3, -0.25) is 4.79 Å². The number of thiocarbonyl (C=S) groups is 1. The van der Waals surface area contributed by atoms with Gasteiger partial charge >= 0.3 is 10.5 Å². The largest absolute Gasteiger partial charge is 0.365 e. The van der Waals surface area contributed by atoms with Gasteiger partial charge in [-0.15, -0.1) is 0 Å². The van der Waals surface area contributed by atoms with Crippen molar-refractivity contribution >= 4 is 34.2 Å². The minimum absolute atomic E-state index is 0.0253. The van der Waals surface area contributed by atoms with Crippen molar-refractivity contribution in [2.24, 2.45) is 4.36 Å². The molecule has 24 heavy (non-hydrogen) atoms. The van der Waals surface area contributed by atoms with Gasteiger partial charge in [0.15, 0.2) is 5.11 Å². The van der Waals surface area contributed by atoms with E-state index in [1.54, 1.807) is 7.05 Å². The molecule has 132 valence electrons. The molecule has 0 saturated heterocycles. The fraction of sp³-hybridized carbons (Fsp3) is 0.500. The second kappa shape index (κ2) is 9.48. The molecule has 1 aliphatic carbocycles. The van der Waals surface area contributed by atoms with Crippen molar-refractivity contribution in [1.29, 1.82) is 0 Å². The molecular weight excluding hydrogens is 346 g/mol. The van der Waals surface area contributed by atoms with Gasteiger partial charge < -0.3 is 10.6 Å². The monoisotopic (exact) mass is 369 g/mol. The zero-order valence-electron chi connectivity index (χ0n) is 14.1. The Bertz CT molecular complexity index is 694. The van der Waals surface area contributed by atoms with Gasteiger partial charge in [-0.05, 0) is 37.5 Å². The summed E-state index contributed by atoms with van der Waals surface area (Å²) in [5.41, 5.74) is 2.42. The lowest BCUT2D eigenvalue weighted by Crippen LogP contribution is -2.30. The zero-order valence-corrected chi connectivity index (χ0v) is 15.7. The van der Waals surface area contributed by atoms with Crippen LogP contribution in [-0.2, 0) is 20.7 Å². The number of amides is 1. The van der Waals surface area contributed by atoms with Crippen molar-refractivity contribution < 1.29 is 13.2 Å². The molecule has 1 fully saturated rings. The molecule has 1 aromatic rings. The Morgan fingerprint density at radius 2 is 2.04 bits per heavy atom. The van der Waals surface area contributed by atoms with E-state index >= 15 is 0 Å². The van der Waals surface area contributed by atoms with Crippen LogP contribution < -0.4 is 10.6 Å². The second-order valence-corrected chi connectivity index (χ2v) is 6.71. The Morgan fingerprint density at radius 3 is 2.46 bits per heavy atom. The fourth-order valence-corrected chi connectivity index (χ4v) is 3.24. The lowest BCUT2D eigenvalue weighted by Gasteiger charge is -2.15. The average molecular weight is 370 g/mol. The van der Waals surface area contributed by atoms with E-state index in [1.807, 2.05) is 0 Å². The standard InChI is InChI=1S/C13H17NO2S.C3H6N2OS/c1-3-8-13(9-12(13)14-17(15)16)11-6-4-10(2)5-7-11;1-4-3(7)5-2-6/h4-7,12H,3,8-9H2,1-2H3;2H,1H3,(H2,4,5,6,7). The molecular formula is C16H23N3O3S2. The highest BCUT2D eigenvalue weighted by Gasteiger charge is 2.55. The third-order valence-electron chi connectivity index (χ3n) is 3.99. The lowest BCUT2D eigenvalue weighted by molar-refractivity contribution is -0.108. The van der Waals surface area contributed by atoms with Crippen LogP contribution in [-0.4, -0.2) is 33.0 Å². The van der Waals surface area contributed by atoms with Crippen LogP contribution in [0, 0.1) is 6.92 Å². The van der Waals surface area contributed by atoms with E-state index in [4.69, 9.17) is 0 Å². The summed E-state index contributed by atoms with van der Waals surface area (Å²) in [7, 11) is -0.649. The molecule has 1 aromatic carbocycles. The number of hydrogen-bond acceptors (Lipinski definition) is 5. The van der Waals surface area contributed by atoms with Crippen molar-refractivity contribution in [3.05, 3.63) is 35.4 Å². The highest BCUT2D eigenvalue weighted by molar-refractivity contribution is 7.80. The van der Waals surface area contributed by atoms with Gasteiger partial charge in [0.05, 0.1) is 6.04 Å². The van der Waals surface area contributed by atoms with Crippen LogP contribution in [0.3, 0.4) is 0 Å². The lowest BCUT2D eigenvalue weighted by atomic mass is 9.90. The SMILES string of the molecule is CCCC1(c2ccc(C)cc2)CC1N=S(=O)=O.CNC(=S)NC=O. The molecule has 2 atom stereocenters. The summed E-state index contributed by atoms with van der Waals surface area (Å²) in [6.45, 7) is 4.18. The number of aryl methyl sites for hydroxylation is 1. The van der Waals surface area contributed by atoms with Gasteiger partial charge in [-0.25, -0.2) is 0 Å². The molecule has 0 spiro atoms. The molecule has 2 unspecified atom stereocenters. The Balaban J connectivity index is 0.000000351. The van der Waals surface area contributed by atoms with Crippen molar-refractivity contribution in [1.82, 2.24) is 10.6 Å². The molecule has 8 heteroatoms. The van der Waals surface area contributed by atoms with Crippen molar-refractivity contribution in [2.45, 2.75) is 44.6 Å². The van der Waals surface area contributed by atoms with E-state index < -0.39 is 10.5 Å². The van der Waals surface area contributed by atoms with E-state index in [1.165, 1.54) is 11.1 Å². The topological polar surface area (TPSA) is 87.6 Å². The molecule has 2 N–H and O–H groups in total. The summed E-state index contributed by atoms with van der Waals surface area (Å²) >= 11 is 4.50. The number of hydrogen-bond donors (Lipinski definition) is 2. The van der Waals surface area contributed by atoms with Crippen molar-refractivity contribution in [3.63, 3.8) is 0 Å². The zero-order chi connectivity index (χ0) is 18.2. The first-order valence-electron chi connectivity index (χ1n) is 7.69. The minimum atomic E-state index is -2.29. The first-order chi connectivity index (χ1) is 11.4. The van der Waals surface area contributed by atoms with Crippen LogP contribution in [0.4, 0.5) is 0 Å². The molecule has 0 radical (unpaired) electrons. The number of carbonyl (C=O) groups is 1. The van der Waals surface area contributed by atoms with Gasteiger partial charge in [0.25, 0.3) is 0 Å². The van der Waals surface area contributed by atoms with Crippen LogP contribution in [0.2, 0.25) is 0 Å².